The Morgan fingerprint density at radius 1 is 1.42 bits per heavy atom. The number of methoxy groups -OCH3 is 1. The number of alkyl halides is 3. The van der Waals surface area contributed by atoms with Gasteiger partial charge in [0.1, 0.15) is 11.7 Å². The van der Waals surface area contributed by atoms with Crippen LogP contribution in [0.1, 0.15) is 6.42 Å². The second-order valence-corrected chi connectivity index (χ2v) is 5.16. The number of ether oxygens (including phenoxy) is 2. The van der Waals surface area contributed by atoms with Crippen LogP contribution in [0.5, 0.6) is 5.75 Å². The van der Waals surface area contributed by atoms with E-state index in [0.29, 0.717) is 13.0 Å². The molecule has 0 bridgehead atoms. The standard InChI is InChI=1S/C15H17F3N2O4/c1-23-8-6-19-13(21)12-5-7-20(14(12)22)10-3-2-4-11(9-10)24-15(16,17)18/h2-4,9,12H,5-8H2,1H3,(H,19,21)/t12-/m1/s1. The number of amides is 2. The van der Waals surface area contributed by atoms with Crippen LogP contribution in [0.3, 0.4) is 0 Å². The van der Waals surface area contributed by atoms with E-state index in [2.05, 4.69) is 10.1 Å². The molecule has 1 aliphatic rings. The number of rotatable bonds is 6. The summed E-state index contributed by atoms with van der Waals surface area (Å²) in [5.74, 6) is -2.13. The Morgan fingerprint density at radius 2 is 2.17 bits per heavy atom. The summed E-state index contributed by atoms with van der Waals surface area (Å²) >= 11 is 0. The Labute approximate surface area is 136 Å². The Kier molecular flexibility index (Phi) is 5.66. The van der Waals surface area contributed by atoms with E-state index in [9.17, 15) is 22.8 Å². The minimum Gasteiger partial charge on any atom is -0.406 e. The Balaban J connectivity index is 2.04. The molecule has 2 rings (SSSR count). The van der Waals surface area contributed by atoms with E-state index in [0.717, 1.165) is 12.1 Å². The van der Waals surface area contributed by atoms with E-state index >= 15 is 0 Å². The molecule has 1 atom stereocenters. The first-order valence-corrected chi connectivity index (χ1v) is 7.25. The van der Waals surface area contributed by atoms with Crippen molar-refractivity contribution in [3.63, 3.8) is 0 Å². The lowest BCUT2D eigenvalue weighted by Gasteiger charge is -2.18. The molecule has 24 heavy (non-hydrogen) atoms. The van der Waals surface area contributed by atoms with E-state index in [1.165, 1.54) is 24.1 Å². The summed E-state index contributed by atoms with van der Waals surface area (Å²) in [6, 6.07) is 5.12. The first kappa shape index (κ1) is 18.1. The molecule has 1 aromatic rings. The summed E-state index contributed by atoms with van der Waals surface area (Å²) in [7, 11) is 1.49. The molecule has 0 spiro atoms. The summed E-state index contributed by atoms with van der Waals surface area (Å²) < 4.78 is 45.5. The van der Waals surface area contributed by atoms with Gasteiger partial charge in [0, 0.05) is 32.0 Å². The molecule has 1 fully saturated rings. The third-order valence-corrected chi connectivity index (χ3v) is 3.49. The fourth-order valence-corrected chi connectivity index (χ4v) is 2.43. The lowest BCUT2D eigenvalue weighted by molar-refractivity contribution is -0.274. The van der Waals surface area contributed by atoms with Gasteiger partial charge in [-0.3, -0.25) is 9.59 Å². The number of carbonyl (C=O) groups is 2. The Hall–Kier alpha value is -2.29. The molecule has 0 radical (unpaired) electrons. The van der Waals surface area contributed by atoms with E-state index in [-0.39, 0.29) is 18.8 Å². The molecule has 1 N–H and O–H groups in total. The highest BCUT2D eigenvalue weighted by atomic mass is 19.4. The fourth-order valence-electron chi connectivity index (χ4n) is 2.43. The molecule has 2 amide bonds. The first-order chi connectivity index (χ1) is 11.3. The van der Waals surface area contributed by atoms with Crippen molar-refractivity contribution in [1.29, 1.82) is 0 Å². The second kappa shape index (κ2) is 7.52. The zero-order valence-corrected chi connectivity index (χ0v) is 12.9. The summed E-state index contributed by atoms with van der Waals surface area (Å²) in [4.78, 5) is 25.6. The van der Waals surface area contributed by atoms with Crippen LogP contribution < -0.4 is 15.0 Å². The number of nitrogens with one attached hydrogen (secondary N) is 1. The molecular weight excluding hydrogens is 329 g/mol. The molecule has 1 aromatic carbocycles. The Bertz CT molecular complexity index is 607. The summed E-state index contributed by atoms with van der Waals surface area (Å²) in [5, 5.41) is 2.59. The van der Waals surface area contributed by atoms with Crippen LogP contribution in [0.15, 0.2) is 24.3 Å². The van der Waals surface area contributed by atoms with Gasteiger partial charge in [-0.1, -0.05) is 6.07 Å². The van der Waals surface area contributed by atoms with Crippen molar-refractivity contribution < 1.29 is 32.2 Å². The van der Waals surface area contributed by atoms with Crippen LogP contribution in [-0.2, 0) is 14.3 Å². The van der Waals surface area contributed by atoms with Crippen molar-refractivity contribution >= 4 is 17.5 Å². The molecule has 9 heteroatoms. The summed E-state index contributed by atoms with van der Waals surface area (Å²) in [6.07, 6.45) is -4.51. The zero-order valence-electron chi connectivity index (χ0n) is 12.9. The predicted molar refractivity (Wildman–Crippen MR) is 78.5 cm³/mol. The highest BCUT2D eigenvalue weighted by Crippen LogP contribution is 2.30. The molecule has 6 nitrogen and oxygen atoms in total. The van der Waals surface area contributed by atoms with Crippen LogP contribution in [0.4, 0.5) is 18.9 Å². The zero-order chi connectivity index (χ0) is 17.7. The van der Waals surface area contributed by atoms with Gasteiger partial charge in [-0.25, -0.2) is 0 Å². The maximum atomic E-state index is 12.3. The predicted octanol–water partition coefficient (Wildman–Crippen LogP) is 1.70. The van der Waals surface area contributed by atoms with Crippen molar-refractivity contribution in [1.82, 2.24) is 5.32 Å². The number of nitrogens with zero attached hydrogens (tertiary/aromatic N) is 1. The maximum Gasteiger partial charge on any atom is 0.573 e. The molecule has 0 saturated carbocycles. The van der Waals surface area contributed by atoms with Crippen LogP contribution in [0, 0.1) is 5.92 Å². The number of hydrogen-bond donors (Lipinski definition) is 1. The van der Waals surface area contributed by atoms with Crippen molar-refractivity contribution in [3.05, 3.63) is 24.3 Å². The molecule has 1 aliphatic heterocycles. The lowest BCUT2D eigenvalue weighted by atomic mass is 10.1. The number of hydrogen-bond acceptors (Lipinski definition) is 4. The monoisotopic (exact) mass is 346 g/mol. The lowest BCUT2D eigenvalue weighted by Crippen LogP contribution is -2.38. The first-order valence-electron chi connectivity index (χ1n) is 7.25. The summed E-state index contributed by atoms with van der Waals surface area (Å²) in [5.41, 5.74) is 0.258. The van der Waals surface area contributed by atoms with Crippen molar-refractivity contribution in [2.75, 3.05) is 31.7 Å². The highest BCUT2D eigenvalue weighted by molar-refractivity contribution is 6.09. The van der Waals surface area contributed by atoms with Crippen LogP contribution in [0.2, 0.25) is 0 Å². The quantitative estimate of drug-likeness (QED) is 0.629. The van der Waals surface area contributed by atoms with E-state index in [1.807, 2.05) is 0 Å². The van der Waals surface area contributed by atoms with Gasteiger partial charge in [0.15, 0.2) is 0 Å². The highest BCUT2D eigenvalue weighted by Gasteiger charge is 2.38. The van der Waals surface area contributed by atoms with Gasteiger partial charge in [-0.2, -0.15) is 0 Å². The minimum atomic E-state index is -4.81. The van der Waals surface area contributed by atoms with E-state index in [1.54, 1.807) is 0 Å². The normalized spacial score (nSPS) is 17.9. The molecule has 1 saturated heterocycles. The van der Waals surface area contributed by atoms with Gasteiger partial charge in [-0.05, 0) is 18.6 Å². The average Bonchev–Trinajstić information content (AvgIpc) is 2.87. The topological polar surface area (TPSA) is 67.9 Å². The van der Waals surface area contributed by atoms with Gasteiger partial charge >= 0.3 is 6.36 Å². The van der Waals surface area contributed by atoms with Crippen molar-refractivity contribution in [2.24, 2.45) is 5.92 Å². The van der Waals surface area contributed by atoms with Crippen molar-refractivity contribution in [3.8, 4) is 5.75 Å². The molecule has 132 valence electrons. The van der Waals surface area contributed by atoms with Crippen LogP contribution >= 0.6 is 0 Å². The minimum absolute atomic E-state index is 0.247. The van der Waals surface area contributed by atoms with E-state index in [4.69, 9.17) is 4.74 Å². The molecule has 0 unspecified atom stereocenters. The third kappa shape index (κ3) is 4.60. The largest absolute Gasteiger partial charge is 0.573 e. The van der Waals surface area contributed by atoms with Gasteiger partial charge in [-0.15, -0.1) is 13.2 Å². The number of anilines is 1. The SMILES string of the molecule is COCCNC(=O)[C@H]1CCN(c2cccc(OC(F)(F)F)c2)C1=O. The number of benzene rings is 1. The average molecular weight is 346 g/mol. The van der Waals surface area contributed by atoms with Crippen LogP contribution in [0.25, 0.3) is 0 Å². The third-order valence-electron chi connectivity index (χ3n) is 3.49. The smallest absolute Gasteiger partial charge is 0.406 e. The Morgan fingerprint density at radius 3 is 2.83 bits per heavy atom. The van der Waals surface area contributed by atoms with Gasteiger partial charge in [0.2, 0.25) is 11.8 Å². The molecule has 0 aliphatic carbocycles. The molecule has 0 aromatic heterocycles. The van der Waals surface area contributed by atoms with Gasteiger partial charge in [0.25, 0.3) is 0 Å². The van der Waals surface area contributed by atoms with Gasteiger partial charge in [0.05, 0.1) is 6.61 Å². The summed E-state index contributed by atoms with van der Waals surface area (Å²) in [6.45, 7) is 0.859. The number of carbonyl (C=O) groups excluding carboxylic acids is 2. The molecular formula is C15H17F3N2O4. The second-order valence-electron chi connectivity index (χ2n) is 5.16. The van der Waals surface area contributed by atoms with Gasteiger partial charge < -0.3 is 19.7 Å². The van der Waals surface area contributed by atoms with Crippen LogP contribution in [-0.4, -0.2) is 45.0 Å². The maximum absolute atomic E-state index is 12.3. The van der Waals surface area contributed by atoms with Crippen molar-refractivity contribution in [2.45, 2.75) is 12.8 Å². The fraction of sp³-hybridized carbons (Fsp3) is 0.467. The number of halogens is 3. The molecule has 1 heterocycles. The van der Waals surface area contributed by atoms with E-state index < -0.39 is 29.8 Å².